The average molecular weight is 1980 g/mol. The number of pyridine rings is 8. The lowest BCUT2D eigenvalue weighted by atomic mass is 10.1. The molecule has 0 fully saturated rings. The summed E-state index contributed by atoms with van der Waals surface area (Å²) in [5, 5.41) is 68.4. The van der Waals surface area contributed by atoms with Gasteiger partial charge < -0.3 is 41.7 Å². The van der Waals surface area contributed by atoms with Crippen LogP contribution in [0.1, 0.15) is 53.6 Å². The zero-order valence-corrected chi connectivity index (χ0v) is 79.7. The molecule has 36 heteroatoms. The maximum absolute atomic E-state index is 14.4. The van der Waals surface area contributed by atoms with Crippen LogP contribution in [-0.2, 0) is 12.8 Å². The van der Waals surface area contributed by atoms with Gasteiger partial charge in [-0.2, -0.15) is 20.4 Å². The fourth-order valence-corrected chi connectivity index (χ4v) is 14.7. The lowest BCUT2D eigenvalue weighted by molar-refractivity contribution is 0.475. The summed E-state index contributed by atoms with van der Waals surface area (Å²) in [5.41, 5.74) is 33.7. The number of aryl methyl sites for hydroxylation is 3. The normalized spacial score (nSPS) is 11.0. The minimum absolute atomic E-state index is 0.138. The molecule has 149 heavy (non-hydrogen) atoms. The van der Waals surface area contributed by atoms with Gasteiger partial charge in [0.25, 0.3) is 0 Å². The van der Waals surface area contributed by atoms with E-state index < -0.39 is 23.3 Å². The van der Waals surface area contributed by atoms with E-state index in [1.807, 2.05) is 209 Å². The quantitative estimate of drug-likeness (QED) is 0.0113. The number of phenols is 4. The van der Waals surface area contributed by atoms with Gasteiger partial charge in [-0.25, -0.2) is 79.1 Å². The van der Waals surface area contributed by atoms with Crippen LogP contribution >= 0.6 is 0 Å². The molecule has 0 aliphatic carbocycles. The molecule has 12 heterocycles. The van der Waals surface area contributed by atoms with Crippen LogP contribution in [0.2, 0.25) is 0 Å². The Bertz CT molecular complexity index is 8080. The molecule has 0 saturated heterocycles. The molecule has 0 radical (unpaired) electrons. The maximum Gasteiger partial charge on any atom is 0.244 e. The van der Waals surface area contributed by atoms with Gasteiger partial charge in [0, 0.05) is 93.6 Å². The van der Waals surface area contributed by atoms with Crippen molar-refractivity contribution >= 4 is 94.2 Å². The number of hydrogen-bond donors (Lipinski definition) is 12. The molecule has 0 amide bonds. The number of hydrogen-bond acceptors (Lipinski definition) is 32. The molecule has 12 aromatic heterocycles. The second kappa shape index (κ2) is 49.1. The molecule has 0 atom stereocenters. The van der Waals surface area contributed by atoms with Crippen molar-refractivity contribution in [1.82, 2.24) is 79.7 Å². The lowest BCUT2D eigenvalue weighted by Gasteiger charge is -2.09. The number of hydrazone groups is 4. The standard InChI is InChI=1S/2C29H24FN7O.C28H22FN7O.C27H20FN7O/c1-2-22-14-21(12-13-31-22)28-27(30)18-33-29(36-28)37-34-17-24-10-11-25(16-32-24)35-23-8-6-19(7-9-23)20-4-3-5-26(38)15-20;1-2-19-15-31-13-12-26(19)28-27(30)18-33-29(36-28)37-34-17-23-10-11-24(16-32-23)35-22-8-6-20(7-9-22)21-4-3-5-25(38)14-21;1-18-13-21(11-12-30-18)27-26(29)17-32-28(35-27)36-33-16-23-9-10-24(15-31-23)34-22-7-5-19(6-8-22)20-3-2-4-25(37)14-20;28-25-17-31-27(34-26(25)20-4-2-12-29-14-20)35-32-16-22-10-11-23(15-30-22)33-21-8-6-18(7-9-21)19-3-1-5-24(36)13-19/h2*3-18,35,38H,2H2,1H3,(H,33,36,37);2-17,34,37H,1H3,(H,32,35,36);1-17,33,36H,(H,31,34,35)/b2*34-17+;33-16+;32-16+. The summed E-state index contributed by atoms with van der Waals surface area (Å²) >= 11 is 0. The zero-order valence-electron chi connectivity index (χ0n) is 79.7. The number of nitrogens with one attached hydrogen (secondary N) is 8. The van der Waals surface area contributed by atoms with Crippen molar-refractivity contribution in [2.45, 2.75) is 33.6 Å². The number of nitrogens with zero attached hydrogens (tertiary/aromatic N) is 20. The fraction of sp³-hybridized carbons (Fsp3) is 0.0442. The molecule has 12 N–H and O–H groups in total. The smallest absolute Gasteiger partial charge is 0.244 e. The third-order valence-corrected chi connectivity index (χ3v) is 22.1. The predicted octanol–water partition coefficient (Wildman–Crippen LogP) is 24.0. The van der Waals surface area contributed by atoms with Gasteiger partial charge in [-0.05, 0) is 258 Å². The predicted molar refractivity (Wildman–Crippen MR) is 573 cm³/mol. The van der Waals surface area contributed by atoms with Crippen LogP contribution in [0.3, 0.4) is 0 Å². The molecule has 0 unspecified atom stereocenters. The largest absolute Gasteiger partial charge is 0.508 e. The Morgan fingerprint density at radius 1 is 0.255 bits per heavy atom. The highest BCUT2D eigenvalue weighted by atomic mass is 19.1. The highest BCUT2D eigenvalue weighted by Crippen LogP contribution is 2.34. The number of phenolic OH excluding ortho intramolecular Hbond substituents is 4. The van der Waals surface area contributed by atoms with Gasteiger partial charge in [0.2, 0.25) is 23.8 Å². The van der Waals surface area contributed by atoms with E-state index in [1.54, 1.807) is 153 Å². The van der Waals surface area contributed by atoms with E-state index >= 15 is 0 Å². The van der Waals surface area contributed by atoms with E-state index in [9.17, 15) is 38.0 Å². The Morgan fingerprint density at radius 2 is 0.570 bits per heavy atom. The van der Waals surface area contributed by atoms with Crippen LogP contribution in [0.25, 0.3) is 89.5 Å². The van der Waals surface area contributed by atoms with E-state index in [0.29, 0.717) is 51.5 Å². The molecule has 734 valence electrons. The van der Waals surface area contributed by atoms with E-state index in [4.69, 9.17) is 0 Å². The van der Waals surface area contributed by atoms with Gasteiger partial charge in [0.15, 0.2) is 23.3 Å². The summed E-state index contributed by atoms with van der Waals surface area (Å²) in [6.07, 6.45) is 28.5. The second-order valence-electron chi connectivity index (χ2n) is 32.6. The van der Waals surface area contributed by atoms with Gasteiger partial charge in [-0.1, -0.05) is 111 Å². The summed E-state index contributed by atoms with van der Waals surface area (Å²) in [6.45, 7) is 5.79. The molecule has 20 aromatic rings. The van der Waals surface area contributed by atoms with Crippen molar-refractivity contribution < 1.29 is 38.0 Å². The van der Waals surface area contributed by atoms with Gasteiger partial charge >= 0.3 is 0 Å². The minimum atomic E-state index is -0.545. The topological polar surface area (TPSA) is 433 Å². The van der Waals surface area contributed by atoms with Gasteiger partial charge in [-0.3, -0.25) is 39.9 Å². The summed E-state index contributed by atoms with van der Waals surface area (Å²) in [4.78, 5) is 66.7. The summed E-state index contributed by atoms with van der Waals surface area (Å²) in [5.74, 6) is -0.516. The highest BCUT2D eigenvalue weighted by Gasteiger charge is 2.18. The van der Waals surface area contributed by atoms with Crippen molar-refractivity contribution in [1.29, 1.82) is 0 Å². The Morgan fingerprint density at radius 3 is 0.886 bits per heavy atom. The van der Waals surface area contributed by atoms with Crippen LogP contribution in [0, 0.1) is 30.2 Å². The van der Waals surface area contributed by atoms with E-state index in [2.05, 4.69) is 143 Å². The van der Waals surface area contributed by atoms with E-state index in [0.717, 1.165) is 138 Å². The van der Waals surface area contributed by atoms with Gasteiger partial charge in [-0.15, -0.1) is 0 Å². The molecule has 8 aromatic carbocycles. The number of anilines is 12. The Balaban J connectivity index is 0.000000135. The molecule has 0 aliphatic heterocycles. The number of aromatic nitrogens is 16. The van der Waals surface area contributed by atoms with Crippen molar-refractivity contribution in [2.75, 3.05) is 43.0 Å². The molecular formula is C113H90F4N28O4. The van der Waals surface area contributed by atoms with Crippen LogP contribution in [0.15, 0.2) is 392 Å². The molecule has 0 saturated carbocycles. The third-order valence-electron chi connectivity index (χ3n) is 22.1. The molecule has 0 spiro atoms. The SMILES string of the molecule is CCc1cc(-c2nc(N/N=C/c3ccc(Nc4ccc(-c5cccc(O)c5)cc4)cn3)ncc2F)ccn1.CCc1cnccc1-c1nc(N/N=C/c2ccc(Nc3ccc(-c4cccc(O)c4)cc3)cn2)ncc1F.Cc1cc(-c2nc(N/N=C/c3ccc(Nc4ccc(-c5cccc(O)c5)cc4)cn3)ncc2F)ccn1.Oc1cccc(-c2ccc(Nc3ccc(/C=N/Nc4ncc(F)c(-c5cccnc5)n4)nc3)cc2)c1. The number of rotatable bonds is 30. The minimum Gasteiger partial charge on any atom is -0.508 e. The first kappa shape index (κ1) is 99.8. The number of benzene rings is 8. The second-order valence-corrected chi connectivity index (χ2v) is 32.6. The summed E-state index contributed by atoms with van der Waals surface area (Å²) in [6, 6.07) is 87.0. The summed E-state index contributed by atoms with van der Waals surface area (Å²) in [7, 11) is 0. The fourth-order valence-electron chi connectivity index (χ4n) is 14.7. The Hall–Kier alpha value is -20.7. The maximum atomic E-state index is 14.4. The summed E-state index contributed by atoms with van der Waals surface area (Å²) < 4.78 is 57.1. The van der Waals surface area contributed by atoms with Crippen LogP contribution < -0.4 is 43.0 Å². The zero-order chi connectivity index (χ0) is 103. The average Bonchev–Trinajstić information content (AvgIpc) is 0.815. The van der Waals surface area contributed by atoms with Crippen molar-refractivity contribution in [3.63, 3.8) is 0 Å². The lowest BCUT2D eigenvalue weighted by Crippen LogP contribution is -2.02. The first-order valence-electron chi connectivity index (χ1n) is 46.3. The first-order chi connectivity index (χ1) is 72.8. The molecule has 0 bridgehead atoms. The van der Waals surface area contributed by atoms with Gasteiger partial charge in [0.1, 0.15) is 45.8 Å². The van der Waals surface area contributed by atoms with Crippen LogP contribution in [0.5, 0.6) is 23.0 Å². The molecular weight excluding hydrogens is 1890 g/mol. The first-order valence-corrected chi connectivity index (χ1v) is 46.3. The van der Waals surface area contributed by atoms with E-state index in [-0.39, 0.29) is 69.6 Å². The van der Waals surface area contributed by atoms with Crippen LogP contribution in [0.4, 0.5) is 86.9 Å². The van der Waals surface area contributed by atoms with Crippen molar-refractivity contribution in [3.8, 4) is 113 Å². The van der Waals surface area contributed by atoms with Crippen molar-refractivity contribution in [2.24, 2.45) is 20.4 Å². The molecule has 32 nitrogen and oxygen atoms in total. The van der Waals surface area contributed by atoms with Gasteiger partial charge in [0.05, 0.1) is 120 Å². The molecule has 20 rings (SSSR count). The Labute approximate surface area is 851 Å². The van der Waals surface area contributed by atoms with Crippen molar-refractivity contribution in [3.05, 3.63) is 435 Å². The number of halogens is 4. The van der Waals surface area contributed by atoms with Crippen LogP contribution in [-0.4, -0.2) is 125 Å². The third kappa shape index (κ3) is 28.2. The molecule has 0 aliphatic rings. The Kier molecular flexibility index (Phi) is 32.9. The highest BCUT2D eigenvalue weighted by molar-refractivity contribution is 5.83. The monoisotopic (exact) mass is 1980 g/mol. The number of aromatic hydroxyl groups is 4. The van der Waals surface area contributed by atoms with E-state index in [1.165, 1.54) is 31.1 Å².